The Hall–Kier alpha value is -2.30. The van der Waals surface area contributed by atoms with Gasteiger partial charge in [-0.2, -0.15) is 0 Å². The highest BCUT2D eigenvalue weighted by Crippen LogP contribution is 2.33. The van der Waals surface area contributed by atoms with Crippen molar-refractivity contribution in [1.29, 1.82) is 0 Å². The minimum atomic E-state index is -0.149. The molecule has 0 radical (unpaired) electrons. The van der Waals surface area contributed by atoms with E-state index in [-0.39, 0.29) is 18.1 Å². The number of aromatic nitrogens is 2. The van der Waals surface area contributed by atoms with Crippen LogP contribution in [0.5, 0.6) is 0 Å². The van der Waals surface area contributed by atoms with Crippen LogP contribution >= 0.6 is 0 Å². The van der Waals surface area contributed by atoms with Crippen LogP contribution in [0.4, 0.5) is 0 Å². The fourth-order valence-corrected chi connectivity index (χ4v) is 2.19. The molecule has 3 rings (SSSR count). The van der Waals surface area contributed by atoms with Crippen molar-refractivity contribution >= 4 is 5.91 Å². The molecule has 1 fully saturated rings. The van der Waals surface area contributed by atoms with Crippen LogP contribution in [0, 0.1) is 0 Å². The van der Waals surface area contributed by atoms with Gasteiger partial charge in [-0.15, -0.1) is 0 Å². The molecule has 1 saturated carbocycles. The standard InChI is InChI=1S/C15H17N3O2/c19-14(16-10-12-4-2-1-3-5-12)11-17-8-9-18(15(17)20)13-6-7-13/h1-5,8-9,13H,6-7,10-11H2,(H,16,19). The number of hydrogen-bond donors (Lipinski definition) is 1. The summed E-state index contributed by atoms with van der Waals surface area (Å²) < 4.78 is 3.17. The lowest BCUT2D eigenvalue weighted by molar-refractivity contribution is -0.121. The number of hydrogen-bond acceptors (Lipinski definition) is 2. The predicted molar refractivity (Wildman–Crippen MR) is 75.3 cm³/mol. The molecule has 0 saturated heterocycles. The maximum Gasteiger partial charge on any atom is 0.328 e. The third-order valence-corrected chi connectivity index (χ3v) is 3.46. The van der Waals surface area contributed by atoms with Crippen LogP contribution in [0.2, 0.25) is 0 Å². The molecule has 1 aromatic carbocycles. The molecule has 1 aliphatic rings. The van der Waals surface area contributed by atoms with Gasteiger partial charge >= 0.3 is 5.69 Å². The Morgan fingerprint density at radius 3 is 2.65 bits per heavy atom. The van der Waals surface area contributed by atoms with Crippen molar-refractivity contribution in [3.05, 3.63) is 58.8 Å². The molecule has 20 heavy (non-hydrogen) atoms. The van der Waals surface area contributed by atoms with Gasteiger partial charge in [0, 0.05) is 25.0 Å². The van der Waals surface area contributed by atoms with Crippen molar-refractivity contribution in [2.24, 2.45) is 0 Å². The lowest BCUT2D eigenvalue weighted by atomic mass is 10.2. The van der Waals surface area contributed by atoms with Crippen molar-refractivity contribution in [3.63, 3.8) is 0 Å². The van der Waals surface area contributed by atoms with E-state index in [1.807, 2.05) is 30.3 Å². The van der Waals surface area contributed by atoms with Crippen molar-refractivity contribution < 1.29 is 4.79 Å². The summed E-state index contributed by atoms with van der Waals surface area (Å²) in [6, 6.07) is 10.1. The van der Waals surface area contributed by atoms with Gasteiger partial charge in [0.2, 0.25) is 5.91 Å². The fraction of sp³-hybridized carbons (Fsp3) is 0.333. The number of amides is 1. The second kappa shape index (κ2) is 5.36. The zero-order valence-electron chi connectivity index (χ0n) is 11.2. The molecule has 1 heterocycles. The lowest BCUT2D eigenvalue weighted by Crippen LogP contribution is -2.32. The average molecular weight is 271 g/mol. The molecule has 1 aromatic heterocycles. The van der Waals surface area contributed by atoms with Crippen LogP contribution in [0.3, 0.4) is 0 Å². The maximum atomic E-state index is 12.0. The Kier molecular flexibility index (Phi) is 3.41. The number of nitrogens with zero attached hydrogens (tertiary/aromatic N) is 2. The van der Waals surface area contributed by atoms with Crippen LogP contribution < -0.4 is 11.0 Å². The topological polar surface area (TPSA) is 56.0 Å². The number of rotatable bonds is 5. The molecule has 2 aromatic rings. The molecule has 0 bridgehead atoms. The van der Waals surface area contributed by atoms with Crippen molar-refractivity contribution in [2.45, 2.75) is 32.0 Å². The van der Waals surface area contributed by atoms with E-state index in [9.17, 15) is 9.59 Å². The smallest absolute Gasteiger partial charge is 0.328 e. The summed E-state index contributed by atoms with van der Waals surface area (Å²) in [5, 5.41) is 2.82. The van der Waals surface area contributed by atoms with E-state index in [1.54, 1.807) is 17.0 Å². The van der Waals surface area contributed by atoms with Gasteiger partial charge in [0.15, 0.2) is 0 Å². The van der Waals surface area contributed by atoms with Crippen LogP contribution in [0.15, 0.2) is 47.5 Å². The van der Waals surface area contributed by atoms with E-state index >= 15 is 0 Å². The highest BCUT2D eigenvalue weighted by atomic mass is 16.2. The largest absolute Gasteiger partial charge is 0.350 e. The predicted octanol–water partition coefficient (Wildman–Crippen LogP) is 1.30. The number of benzene rings is 1. The second-order valence-electron chi connectivity index (χ2n) is 5.11. The van der Waals surface area contributed by atoms with E-state index in [1.165, 1.54) is 4.57 Å². The quantitative estimate of drug-likeness (QED) is 0.891. The molecule has 0 aliphatic heterocycles. The highest BCUT2D eigenvalue weighted by molar-refractivity contribution is 5.75. The van der Waals surface area contributed by atoms with Gasteiger partial charge in [0.05, 0.1) is 0 Å². The summed E-state index contributed by atoms with van der Waals surface area (Å²) in [5.74, 6) is -0.149. The Morgan fingerprint density at radius 1 is 1.20 bits per heavy atom. The Balaban J connectivity index is 1.57. The van der Waals surface area contributed by atoms with Crippen molar-refractivity contribution in [2.75, 3.05) is 0 Å². The fourth-order valence-electron chi connectivity index (χ4n) is 2.19. The van der Waals surface area contributed by atoms with Crippen LogP contribution in [-0.2, 0) is 17.9 Å². The van der Waals surface area contributed by atoms with Crippen LogP contribution in [-0.4, -0.2) is 15.0 Å². The molecule has 0 unspecified atom stereocenters. The van der Waals surface area contributed by atoms with Gasteiger partial charge in [0.25, 0.3) is 0 Å². The highest BCUT2D eigenvalue weighted by Gasteiger charge is 2.25. The van der Waals surface area contributed by atoms with Crippen LogP contribution in [0.1, 0.15) is 24.4 Å². The molecule has 1 N–H and O–H groups in total. The molecule has 1 amide bonds. The van der Waals surface area contributed by atoms with E-state index in [2.05, 4.69) is 5.32 Å². The van der Waals surface area contributed by atoms with Gasteiger partial charge in [0.1, 0.15) is 6.54 Å². The van der Waals surface area contributed by atoms with Gasteiger partial charge in [-0.3, -0.25) is 13.9 Å². The lowest BCUT2D eigenvalue weighted by Gasteiger charge is -2.05. The molecule has 5 nitrogen and oxygen atoms in total. The first kappa shape index (κ1) is 12.7. The van der Waals surface area contributed by atoms with Crippen molar-refractivity contribution in [3.8, 4) is 0 Å². The Morgan fingerprint density at radius 2 is 1.95 bits per heavy atom. The minimum absolute atomic E-state index is 0.0748. The molecular formula is C15H17N3O2. The zero-order chi connectivity index (χ0) is 13.9. The average Bonchev–Trinajstić information content (AvgIpc) is 3.24. The molecule has 0 spiro atoms. The van der Waals surface area contributed by atoms with E-state index in [0.29, 0.717) is 12.6 Å². The summed E-state index contributed by atoms with van der Waals surface area (Å²) >= 11 is 0. The Bertz CT molecular complexity index is 653. The Labute approximate surface area is 116 Å². The summed E-state index contributed by atoms with van der Waals surface area (Å²) in [5.41, 5.74) is 0.950. The zero-order valence-corrected chi connectivity index (χ0v) is 11.2. The van der Waals surface area contributed by atoms with Gasteiger partial charge in [-0.1, -0.05) is 30.3 Å². The normalized spacial score (nSPS) is 14.2. The second-order valence-corrected chi connectivity index (χ2v) is 5.11. The summed E-state index contributed by atoms with van der Waals surface area (Å²) in [7, 11) is 0. The third-order valence-electron chi connectivity index (χ3n) is 3.46. The number of carbonyl (C=O) groups excluding carboxylic acids is 1. The number of carbonyl (C=O) groups is 1. The third kappa shape index (κ3) is 2.82. The maximum absolute atomic E-state index is 12.0. The van der Waals surface area contributed by atoms with Gasteiger partial charge in [-0.05, 0) is 18.4 Å². The van der Waals surface area contributed by atoms with Crippen LogP contribution in [0.25, 0.3) is 0 Å². The molecule has 0 atom stereocenters. The first-order chi connectivity index (χ1) is 9.74. The van der Waals surface area contributed by atoms with Gasteiger partial charge < -0.3 is 5.32 Å². The van der Waals surface area contributed by atoms with E-state index in [0.717, 1.165) is 18.4 Å². The van der Waals surface area contributed by atoms with Crippen molar-refractivity contribution in [1.82, 2.24) is 14.5 Å². The van der Waals surface area contributed by atoms with E-state index < -0.39 is 0 Å². The molecule has 1 aliphatic carbocycles. The summed E-state index contributed by atoms with van der Waals surface area (Å²) in [4.78, 5) is 23.9. The molecule has 5 heteroatoms. The minimum Gasteiger partial charge on any atom is -0.350 e. The summed E-state index contributed by atoms with van der Waals surface area (Å²) in [6.45, 7) is 0.559. The number of nitrogens with one attached hydrogen (secondary N) is 1. The summed E-state index contributed by atoms with van der Waals surface area (Å²) in [6.07, 6.45) is 5.57. The first-order valence-corrected chi connectivity index (χ1v) is 6.82. The first-order valence-electron chi connectivity index (χ1n) is 6.82. The molecule has 104 valence electrons. The number of imidazole rings is 1. The monoisotopic (exact) mass is 271 g/mol. The van der Waals surface area contributed by atoms with Gasteiger partial charge in [-0.25, -0.2) is 4.79 Å². The van der Waals surface area contributed by atoms with E-state index in [4.69, 9.17) is 0 Å². The SMILES string of the molecule is O=C(Cn1ccn(C2CC2)c1=O)NCc1ccccc1. The molecular weight excluding hydrogens is 254 g/mol.